The molecule has 0 radical (unpaired) electrons. The highest BCUT2D eigenvalue weighted by molar-refractivity contribution is 5.79. The van der Waals surface area contributed by atoms with E-state index in [4.69, 9.17) is 19.9 Å². The minimum absolute atomic E-state index is 0.442. The zero-order valence-corrected chi connectivity index (χ0v) is 15.6. The Kier molecular flexibility index (Phi) is 6.54. The molecule has 0 saturated heterocycles. The SMILES string of the molecule is CCOC(Cc1ccc(OCCN2CCOc3ccccc32)cc1)C(N)=O. The van der Waals surface area contributed by atoms with Crippen LogP contribution in [0.3, 0.4) is 0 Å². The lowest BCUT2D eigenvalue weighted by molar-refractivity contribution is -0.129. The van der Waals surface area contributed by atoms with Crippen LogP contribution < -0.4 is 20.1 Å². The van der Waals surface area contributed by atoms with Gasteiger partial charge in [-0.3, -0.25) is 4.79 Å². The number of benzene rings is 2. The lowest BCUT2D eigenvalue weighted by atomic mass is 10.1. The monoisotopic (exact) mass is 370 g/mol. The third-order valence-corrected chi connectivity index (χ3v) is 4.48. The van der Waals surface area contributed by atoms with E-state index in [9.17, 15) is 4.79 Å². The van der Waals surface area contributed by atoms with E-state index in [-0.39, 0.29) is 0 Å². The van der Waals surface area contributed by atoms with Gasteiger partial charge in [0, 0.05) is 13.0 Å². The first-order chi connectivity index (χ1) is 13.2. The van der Waals surface area contributed by atoms with E-state index >= 15 is 0 Å². The highest BCUT2D eigenvalue weighted by atomic mass is 16.5. The summed E-state index contributed by atoms with van der Waals surface area (Å²) < 4.78 is 16.9. The van der Waals surface area contributed by atoms with E-state index in [1.807, 2.05) is 49.4 Å². The molecule has 1 aliphatic rings. The van der Waals surface area contributed by atoms with E-state index in [2.05, 4.69) is 11.0 Å². The summed E-state index contributed by atoms with van der Waals surface area (Å²) in [5, 5.41) is 0. The van der Waals surface area contributed by atoms with Crippen LogP contribution in [-0.4, -0.2) is 44.9 Å². The topological polar surface area (TPSA) is 74.0 Å². The maximum atomic E-state index is 11.4. The third-order valence-electron chi connectivity index (χ3n) is 4.48. The first-order valence-electron chi connectivity index (χ1n) is 9.27. The van der Waals surface area contributed by atoms with Crippen LogP contribution in [0, 0.1) is 0 Å². The molecule has 0 aromatic heterocycles. The first-order valence-corrected chi connectivity index (χ1v) is 9.27. The molecule has 2 aromatic rings. The molecule has 6 nitrogen and oxygen atoms in total. The number of para-hydroxylation sites is 2. The van der Waals surface area contributed by atoms with Gasteiger partial charge in [-0.1, -0.05) is 24.3 Å². The van der Waals surface area contributed by atoms with Crippen LogP contribution in [0.2, 0.25) is 0 Å². The van der Waals surface area contributed by atoms with Crippen LogP contribution in [0.1, 0.15) is 12.5 Å². The summed E-state index contributed by atoms with van der Waals surface area (Å²) in [6.45, 7) is 5.21. The van der Waals surface area contributed by atoms with E-state index < -0.39 is 12.0 Å². The molecule has 1 amide bonds. The molecule has 0 fully saturated rings. The maximum absolute atomic E-state index is 11.4. The Bertz CT molecular complexity index is 748. The number of fused-ring (bicyclic) bond motifs is 1. The van der Waals surface area contributed by atoms with Gasteiger partial charge >= 0.3 is 0 Å². The number of hydrogen-bond donors (Lipinski definition) is 1. The van der Waals surface area contributed by atoms with Crippen molar-refractivity contribution >= 4 is 11.6 Å². The molecule has 0 bridgehead atoms. The predicted octanol–water partition coefficient (Wildman–Crippen LogP) is 2.40. The van der Waals surface area contributed by atoms with Crippen LogP contribution >= 0.6 is 0 Å². The fourth-order valence-electron chi connectivity index (χ4n) is 3.11. The normalized spacial score (nSPS) is 14.2. The Balaban J connectivity index is 1.50. The average Bonchev–Trinajstić information content (AvgIpc) is 2.69. The van der Waals surface area contributed by atoms with Gasteiger partial charge in [0.05, 0.1) is 18.8 Å². The smallest absolute Gasteiger partial charge is 0.246 e. The summed E-state index contributed by atoms with van der Waals surface area (Å²) in [4.78, 5) is 13.7. The molecular weight excluding hydrogens is 344 g/mol. The van der Waals surface area contributed by atoms with Gasteiger partial charge in [-0.15, -0.1) is 0 Å². The van der Waals surface area contributed by atoms with Crippen LogP contribution in [0.15, 0.2) is 48.5 Å². The second-order valence-corrected chi connectivity index (χ2v) is 6.35. The number of amides is 1. The summed E-state index contributed by atoms with van der Waals surface area (Å²) >= 11 is 0. The summed E-state index contributed by atoms with van der Waals surface area (Å²) in [5.41, 5.74) is 7.46. The van der Waals surface area contributed by atoms with Gasteiger partial charge < -0.3 is 24.8 Å². The fraction of sp³-hybridized carbons (Fsp3) is 0.381. The third kappa shape index (κ3) is 5.14. The van der Waals surface area contributed by atoms with Gasteiger partial charge in [0.25, 0.3) is 0 Å². The van der Waals surface area contributed by atoms with E-state index in [0.717, 1.165) is 35.8 Å². The molecule has 1 unspecified atom stereocenters. The van der Waals surface area contributed by atoms with Gasteiger partial charge in [-0.25, -0.2) is 0 Å². The molecule has 0 aliphatic carbocycles. The highest BCUT2D eigenvalue weighted by Gasteiger charge is 2.17. The van der Waals surface area contributed by atoms with Crippen molar-refractivity contribution < 1.29 is 19.0 Å². The molecule has 1 heterocycles. The van der Waals surface area contributed by atoms with E-state index in [1.54, 1.807) is 0 Å². The van der Waals surface area contributed by atoms with Crippen LogP contribution in [0.4, 0.5) is 5.69 Å². The predicted molar refractivity (Wildman–Crippen MR) is 104 cm³/mol. The number of carbonyl (C=O) groups excluding carboxylic acids is 1. The molecule has 1 aliphatic heterocycles. The Morgan fingerprint density at radius 3 is 2.74 bits per heavy atom. The molecule has 3 rings (SSSR count). The molecular formula is C21H26N2O4. The molecule has 6 heteroatoms. The average molecular weight is 370 g/mol. The summed E-state index contributed by atoms with van der Waals surface area (Å²) in [7, 11) is 0. The standard InChI is InChI=1S/C21H26N2O4/c1-2-25-20(21(22)24)15-16-7-9-17(10-8-16)26-13-11-23-12-14-27-19-6-4-3-5-18(19)23/h3-10,20H,2,11-15H2,1H3,(H2,22,24). The van der Waals surface area contributed by atoms with Gasteiger partial charge in [-0.2, -0.15) is 0 Å². The van der Waals surface area contributed by atoms with Crippen molar-refractivity contribution in [3.8, 4) is 11.5 Å². The summed E-state index contributed by atoms with van der Waals surface area (Å²) in [6, 6.07) is 15.7. The quantitative estimate of drug-likeness (QED) is 0.734. The Morgan fingerprint density at radius 2 is 2.00 bits per heavy atom. The van der Waals surface area contributed by atoms with Gasteiger partial charge in [0.15, 0.2) is 0 Å². The molecule has 1 atom stereocenters. The molecule has 2 N–H and O–H groups in total. The molecule has 144 valence electrons. The number of anilines is 1. The minimum Gasteiger partial charge on any atom is -0.492 e. The number of rotatable bonds is 9. The maximum Gasteiger partial charge on any atom is 0.246 e. The van der Waals surface area contributed by atoms with Crippen molar-refractivity contribution in [1.29, 1.82) is 0 Å². The Morgan fingerprint density at radius 1 is 1.22 bits per heavy atom. The largest absolute Gasteiger partial charge is 0.492 e. The molecule has 27 heavy (non-hydrogen) atoms. The minimum atomic E-state index is -0.594. The number of ether oxygens (including phenoxy) is 3. The van der Waals surface area contributed by atoms with Crippen LogP contribution in [0.5, 0.6) is 11.5 Å². The van der Waals surface area contributed by atoms with E-state index in [1.165, 1.54) is 0 Å². The van der Waals surface area contributed by atoms with Crippen molar-refractivity contribution in [2.75, 3.05) is 37.8 Å². The second kappa shape index (κ2) is 9.28. The van der Waals surface area contributed by atoms with Crippen molar-refractivity contribution in [3.63, 3.8) is 0 Å². The number of hydrogen-bond acceptors (Lipinski definition) is 5. The molecule has 0 saturated carbocycles. The first kappa shape index (κ1) is 19.0. The van der Waals surface area contributed by atoms with Crippen molar-refractivity contribution in [1.82, 2.24) is 0 Å². The fourth-order valence-corrected chi connectivity index (χ4v) is 3.11. The van der Waals surface area contributed by atoms with Gasteiger partial charge in [0.1, 0.15) is 30.8 Å². The Hall–Kier alpha value is -2.73. The molecule has 2 aromatic carbocycles. The lowest BCUT2D eigenvalue weighted by Crippen LogP contribution is -2.35. The summed E-state index contributed by atoms with van der Waals surface area (Å²) in [6.07, 6.45) is -0.128. The lowest BCUT2D eigenvalue weighted by Gasteiger charge is -2.31. The number of nitrogens with zero attached hydrogens (tertiary/aromatic N) is 1. The number of primary amides is 1. The number of carbonyl (C=O) groups is 1. The second-order valence-electron chi connectivity index (χ2n) is 6.35. The van der Waals surface area contributed by atoms with Gasteiger partial charge in [0.2, 0.25) is 5.91 Å². The molecule has 0 spiro atoms. The van der Waals surface area contributed by atoms with Crippen LogP contribution in [0.25, 0.3) is 0 Å². The highest BCUT2D eigenvalue weighted by Crippen LogP contribution is 2.30. The van der Waals surface area contributed by atoms with Crippen molar-refractivity contribution in [3.05, 3.63) is 54.1 Å². The zero-order chi connectivity index (χ0) is 19.1. The zero-order valence-electron chi connectivity index (χ0n) is 15.6. The van der Waals surface area contributed by atoms with Crippen LogP contribution in [-0.2, 0) is 16.0 Å². The summed E-state index contributed by atoms with van der Waals surface area (Å²) in [5.74, 6) is 1.28. The van der Waals surface area contributed by atoms with Crippen molar-refractivity contribution in [2.24, 2.45) is 5.73 Å². The Labute approximate surface area is 159 Å². The van der Waals surface area contributed by atoms with E-state index in [0.29, 0.717) is 26.2 Å². The number of nitrogens with two attached hydrogens (primary N) is 1. The van der Waals surface area contributed by atoms with Crippen molar-refractivity contribution in [2.45, 2.75) is 19.4 Å². The van der Waals surface area contributed by atoms with Gasteiger partial charge in [-0.05, 0) is 36.8 Å².